The fourth-order valence-electron chi connectivity index (χ4n) is 2.91. The average Bonchev–Trinajstić information content (AvgIpc) is 2.77. The summed E-state index contributed by atoms with van der Waals surface area (Å²) in [4.78, 5) is 12.8. The third-order valence-corrected chi connectivity index (χ3v) is 6.28. The number of hydrogen-bond donors (Lipinski definition) is 1. The summed E-state index contributed by atoms with van der Waals surface area (Å²) in [6.07, 6.45) is 1.60. The molecule has 3 aromatic carbocycles. The number of carbonyl (C=O) groups excluding carboxylic acids is 1. The predicted octanol–water partition coefficient (Wildman–Crippen LogP) is 4.53. The number of benzene rings is 3. The van der Waals surface area contributed by atoms with E-state index in [-0.39, 0.29) is 10.6 Å². The van der Waals surface area contributed by atoms with E-state index in [1.165, 1.54) is 24.3 Å². The number of rotatable bonds is 9. The fourth-order valence-corrected chi connectivity index (χ4v) is 4.33. The zero-order chi connectivity index (χ0) is 23.1. The van der Waals surface area contributed by atoms with Crippen molar-refractivity contribution in [3.63, 3.8) is 0 Å². The largest absolute Gasteiger partial charge is 0.489 e. The summed E-state index contributed by atoms with van der Waals surface area (Å²) in [6.45, 7) is 5.24. The lowest BCUT2D eigenvalue weighted by molar-refractivity contribution is -0.114. The number of sulfonamides is 1. The highest BCUT2D eigenvalue weighted by Gasteiger charge is 2.27. The van der Waals surface area contributed by atoms with Gasteiger partial charge in [-0.15, -0.1) is 0 Å². The normalized spacial score (nSPS) is 10.9. The van der Waals surface area contributed by atoms with E-state index in [0.717, 1.165) is 22.0 Å². The molecule has 8 heteroatoms. The van der Waals surface area contributed by atoms with Crippen LogP contribution in [0.2, 0.25) is 0 Å². The van der Waals surface area contributed by atoms with E-state index < -0.39 is 28.3 Å². The zero-order valence-electron chi connectivity index (χ0n) is 17.5. The summed E-state index contributed by atoms with van der Waals surface area (Å²) in [6, 6.07) is 17.9. The van der Waals surface area contributed by atoms with Gasteiger partial charge in [0.2, 0.25) is 5.91 Å². The predicted molar refractivity (Wildman–Crippen MR) is 123 cm³/mol. The molecule has 0 radical (unpaired) electrons. The summed E-state index contributed by atoms with van der Waals surface area (Å²) >= 11 is 0. The Morgan fingerprint density at radius 1 is 1.09 bits per heavy atom. The molecule has 0 bridgehead atoms. The van der Waals surface area contributed by atoms with E-state index in [1.54, 1.807) is 42.5 Å². The first-order valence-electron chi connectivity index (χ1n) is 9.78. The molecular formula is C24H23FN2O4S. The molecule has 0 fully saturated rings. The molecule has 0 unspecified atom stereocenters. The summed E-state index contributed by atoms with van der Waals surface area (Å²) in [5, 5.41) is 2.68. The number of halogens is 1. The van der Waals surface area contributed by atoms with E-state index in [9.17, 15) is 17.6 Å². The van der Waals surface area contributed by atoms with Gasteiger partial charge in [0.1, 0.15) is 24.7 Å². The van der Waals surface area contributed by atoms with Crippen LogP contribution in [0.4, 0.5) is 15.8 Å². The van der Waals surface area contributed by atoms with Gasteiger partial charge in [0.15, 0.2) is 0 Å². The van der Waals surface area contributed by atoms with Crippen LogP contribution in [-0.2, 0) is 14.8 Å². The molecule has 3 rings (SSSR count). The lowest BCUT2D eigenvalue weighted by atomic mass is 10.2. The van der Waals surface area contributed by atoms with Crippen molar-refractivity contribution < 1.29 is 22.3 Å². The first-order valence-corrected chi connectivity index (χ1v) is 11.2. The lowest BCUT2D eigenvalue weighted by Gasteiger charge is -2.24. The Morgan fingerprint density at radius 3 is 2.44 bits per heavy atom. The Balaban J connectivity index is 1.87. The van der Waals surface area contributed by atoms with Crippen LogP contribution in [-0.4, -0.2) is 27.5 Å². The molecule has 0 saturated heterocycles. The van der Waals surface area contributed by atoms with Crippen molar-refractivity contribution in [1.29, 1.82) is 0 Å². The second kappa shape index (κ2) is 10.1. The molecule has 0 aliphatic rings. The molecule has 32 heavy (non-hydrogen) atoms. The van der Waals surface area contributed by atoms with Crippen LogP contribution in [0.15, 0.2) is 90.3 Å². The summed E-state index contributed by atoms with van der Waals surface area (Å²) in [5.74, 6) is -0.543. The van der Waals surface area contributed by atoms with E-state index in [4.69, 9.17) is 4.74 Å². The maximum Gasteiger partial charge on any atom is 0.264 e. The van der Waals surface area contributed by atoms with Crippen LogP contribution in [0.1, 0.15) is 5.56 Å². The molecule has 0 heterocycles. The van der Waals surface area contributed by atoms with Crippen molar-refractivity contribution in [2.45, 2.75) is 11.8 Å². The smallest absolute Gasteiger partial charge is 0.264 e. The second-order valence-electron chi connectivity index (χ2n) is 6.98. The fraction of sp³-hybridized carbons (Fsp3) is 0.125. The van der Waals surface area contributed by atoms with Crippen LogP contribution in [0, 0.1) is 12.7 Å². The third kappa shape index (κ3) is 5.73. The molecule has 0 aliphatic heterocycles. The Kier molecular flexibility index (Phi) is 7.27. The van der Waals surface area contributed by atoms with Gasteiger partial charge in [-0.1, -0.05) is 36.4 Å². The van der Waals surface area contributed by atoms with E-state index in [2.05, 4.69) is 11.9 Å². The molecule has 1 N–H and O–H groups in total. The SMILES string of the molecule is C=CCOc1cccc(NC(=O)CN(c2ccc(F)cc2)S(=O)(=O)c2ccc(C)cc2)c1. The maximum absolute atomic E-state index is 13.4. The number of hydrogen-bond acceptors (Lipinski definition) is 4. The molecule has 166 valence electrons. The number of nitrogens with one attached hydrogen (secondary N) is 1. The van der Waals surface area contributed by atoms with Gasteiger partial charge in [-0.25, -0.2) is 12.8 Å². The van der Waals surface area contributed by atoms with Crippen molar-refractivity contribution in [2.75, 3.05) is 22.8 Å². The van der Waals surface area contributed by atoms with Gasteiger partial charge < -0.3 is 10.1 Å². The monoisotopic (exact) mass is 454 g/mol. The molecule has 0 saturated carbocycles. The van der Waals surface area contributed by atoms with E-state index >= 15 is 0 Å². The molecule has 6 nitrogen and oxygen atoms in total. The van der Waals surface area contributed by atoms with E-state index in [0.29, 0.717) is 18.0 Å². The van der Waals surface area contributed by atoms with Gasteiger partial charge in [0, 0.05) is 11.8 Å². The Morgan fingerprint density at radius 2 is 1.78 bits per heavy atom. The molecule has 0 atom stereocenters. The van der Waals surface area contributed by atoms with Gasteiger partial charge in [0.25, 0.3) is 10.0 Å². The highest BCUT2D eigenvalue weighted by molar-refractivity contribution is 7.92. The zero-order valence-corrected chi connectivity index (χ0v) is 18.3. The standard InChI is InChI=1S/C24H23FN2O4S/c1-3-15-31-22-6-4-5-20(16-22)26-24(28)17-27(21-11-9-19(25)10-12-21)32(29,30)23-13-7-18(2)8-14-23/h3-14,16H,1,15,17H2,2H3,(H,26,28). The number of amides is 1. The quantitative estimate of drug-likeness (QED) is 0.482. The van der Waals surface area contributed by atoms with Crippen LogP contribution in [0.5, 0.6) is 5.75 Å². The Bertz CT molecular complexity index is 1190. The lowest BCUT2D eigenvalue weighted by Crippen LogP contribution is -2.38. The highest BCUT2D eigenvalue weighted by atomic mass is 32.2. The number of aryl methyl sites for hydroxylation is 1. The molecule has 0 spiro atoms. The maximum atomic E-state index is 13.4. The van der Waals surface area contributed by atoms with Crippen molar-refractivity contribution in [3.8, 4) is 5.75 Å². The Hall–Kier alpha value is -3.65. The van der Waals surface area contributed by atoms with Crippen molar-refractivity contribution in [2.24, 2.45) is 0 Å². The van der Waals surface area contributed by atoms with Crippen molar-refractivity contribution in [3.05, 3.63) is 96.8 Å². The first kappa shape index (κ1) is 23.0. The number of anilines is 2. The summed E-state index contributed by atoms with van der Waals surface area (Å²) < 4.78 is 46.4. The van der Waals surface area contributed by atoms with Crippen LogP contribution in [0.25, 0.3) is 0 Å². The summed E-state index contributed by atoms with van der Waals surface area (Å²) in [7, 11) is -4.08. The van der Waals surface area contributed by atoms with Crippen molar-refractivity contribution >= 4 is 27.3 Å². The van der Waals surface area contributed by atoms with Gasteiger partial charge >= 0.3 is 0 Å². The van der Waals surface area contributed by atoms with Crippen LogP contribution in [0.3, 0.4) is 0 Å². The molecule has 0 aromatic heterocycles. The summed E-state index contributed by atoms with van der Waals surface area (Å²) in [5.41, 5.74) is 1.52. The van der Waals surface area contributed by atoms with Crippen LogP contribution < -0.4 is 14.4 Å². The number of ether oxygens (including phenoxy) is 1. The topological polar surface area (TPSA) is 75.7 Å². The number of nitrogens with zero attached hydrogens (tertiary/aromatic N) is 1. The minimum atomic E-state index is -4.08. The average molecular weight is 455 g/mol. The second-order valence-corrected chi connectivity index (χ2v) is 8.84. The van der Waals surface area contributed by atoms with Crippen LogP contribution >= 0.6 is 0 Å². The van der Waals surface area contributed by atoms with Gasteiger partial charge in [-0.05, 0) is 55.5 Å². The van der Waals surface area contributed by atoms with Gasteiger partial charge in [-0.2, -0.15) is 0 Å². The molecule has 3 aromatic rings. The molecule has 1 amide bonds. The van der Waals surface area contributed by atoms with Crippen molar-refractivity contribution in [1.82, 2.24) is 0 Å². The minimum absolute atomic E-state index is 0.0278. The molecular weight excluding hydrogens is 431 g/mol. The van der Waals surface area contributed by atoms with Gasteiger partial charge in [-0.3, -0.25) is 9.10 Å². The van der Waals surface area contributed by atoms with E-state index in [1.807, 2.05) is 6.92 Å². The molecule has 0 aliphatic carbocycles. The first-order chi connectivity index (χ1) is 15.3. The van der Waals surface area contributed by atoms with Gasteiger partial charge in [0.05, 0.1) is 10.6 Å². The highest BCUT2D eigenvalue weighted by Crippen LogP contribution is 2.25. The Labute approximate surface area is 187 Å². The number of carbonyl (C=O) groups is 1. The minimum Gasteiger partial charge on any atom is -0.489 e. The third-order valence-electron chi connectivity index (χ3n) is 4.50.